The van der Waals surface area contributed by atoms with Gasteiger partial charge in [0.25, 0.3) is 5.91 Å². The number of aliphatic carboxylic acids is 1. The highest BCUT2D eigenvalue weighted by molar-refractivity contribution is 8.00. The summed E-state index contributed by atoms with van der Waals surface area (Å²) < 4.78 is 4.83. The summed E-state index contributed by atoms with van der Waals surface area (Å²) in [5, 5.41) is 20.7. The Hall–Kier alpha value is -1.78. The molecule has 0 radical (unpaired) electrons. The number of aliphatic hydroxyl groups excluding tert-OH is 1. The first-order valence-electron chi connectivity index (χ1n) is 7.33. The van der Waals surface area contributed by atoms with Gasteiger partial charge in [0.2, 0.25) is 5.91 Å². The third-order valence-corrected chi connectivity index (χ3v) is 5.31. The van der Waals surface area contributed by atoms with Crippen LogP contribution in [-0.2, 0) is 23.9 Å². The van der Waals surface area contributed by atoms with Crippen LogP contribution in [0.1, 0.15) is 13.3 Å². The van der Waals surface area contributed by atoms with Gasteiger partial charge in [0.15, 0.2) is 0 Å². The number of thioether (sulfide) groups is 1. The van der Waals surface area contributed by atoms with Crippen LogP contribution in [0.15, 0.2) is 11.3 Å². The number of ether oxygens (including phenoxy) is 1. The van der Waals surface area contributed by atoms with Crippen molar-refractivity contribution in [1.29, 1.82) is 0 Å². The number of fused-ring (bicyclic) bond motifs is 1. The van der Waals surface area contributed by atoms with Gasteiger partial charge in [-0.3, -0.25) is 19.3 Å². The number of nitrogens with one attached hydrogen (secondary N) is 1. The first-order chi connectivity index (χ1) is 11.8. The van der Waals surface area contributed by atoms with Crippen molar-refractivity contribution in [1.82, 2.24) is 10.2 Å². The van der Waals surface area contributed by atoms with Crippen LogP contribution in [0.2, 0.25) is 0 Å². The van der Waals surface area contributed by atoms with Crippen LogP contribution in [0, 0.1) is 0 Å². The molecule has 0 spiro atoms. The van der Waals surface area contributed by atoms with E-state index in [-0.39, 0.29) is 30.4 Å². The Morgan fingerprint density at radius 3 is 2.72 bits per heavy atom. The number of halogens is 1. The van der Waals surface area contributed by atoms with Crippen molar-refractivity contribution in [3.05, 3.63) is 11.3 Å². The van der Waals surface area contributed by atoms with E-state index in [1.807, 2.05) is 0 Å². The molecule has 9 nitrogen and oxygen atoms in total. The van der Waals surface area contributed by atoms with Crippen LogP contribution in [0.25, 0.3) is 0 Å². The molecule has 2 rings (SSSR count). The van der Waals surface area contributed by atoms with Gasteiger partial charge in [-0.05, 0) is 0 Å². The Bertz CT molecular complexity index is 639. The number of rotatable bonds is 7. The molecule has 0 aromatic carbocycles. The largest absolute Gasteiger partial charge is 0.477 e. The lowest BCUT2D eigenvalue weighted by Crippen LogP contribution is -2.70. The highest BCUT2D eigenvalue weighted by Crippen LogP contribution is 2.40. The van der Waals surface area contributed by atoms with Crippen LogP contribution in [-0.4, -0.2) is 74.6 Å². The Morgan fingerprint density at radius 1 is 1.48 bits per heavy atom. The Balaban J connectivity index is 2.09. The first-order valence-corrected chi connectivity index (χ1v) is 8.91. The molecule has 2 unspecified atom stereocenters. The SMILES string of the molecule is CC(=O)OCC1=C(C(=O)O)N2C(=O)C(NC(=O)CC(O)CCl)[C@@H]2SC1. The van der Waals surface area contributed by atoms with Crippen LogP contribution in [0.5, 0.6) is 0 Å². The summed E-state index contributed by atoms with van der Waals surface area (Å²) in [6.07, 6.45) is -1.26. The van der Waals surface area contributed by atoms with Crippen molar-refractivity contribution in [3.63, 3.8) is 0 Å². The van der Waals surface area contributed by atoms with Crippen molar-refractivity contribution < 1.29 is 34.1 Å². The highest BCUT2D eigenvalue weighted by atomic mass is 35.5. The number of carboxylic acid groups (broad SMARTS) is 1. The molecule has 0 aromatic heterocycles. The number of aliphatic hydroxyl groups is 1. The number of amides is 2. The number of nitrogens with zero attached hydrogens (tertiary/aromatic N) is 1. The number of esters is 1. The van der Waals surface area contributed by atoms with Gasteiger partial charge in [-0.15, -0.1) is 23.4 Å². The zero-order valence-electron chi connectivity index (χ0n) is 13.2. The number of carbonyl (C=O) groups excluding carboxylic acids is 3. The predicted octanol–water partition coefficient (Wildman–Crippen LogP) is -0.722. The number of hydrogen-bond acceptors (Lipinski definition) is 7. The monoisotopic (exact) mass is 392 g/mol. The Morgan fingerprint density at radius 2 is 2.16 bits per heavy atom. The summed E-state index contributed by atoms with van der Waals surface area (Å²) in [7, 11) is 0. The zero-order chi connectivity index (χ0) is 18.7. The number of carboxylic acids is 1. The molecule has 3 atom stereocenters. The second-order valence-electron chi connectivity index (χ2n) is 5.50. The first kappa shape index (κ1) is 19.5. The number of hydrogen-bond donors (Lipinski definition) is 3. The Labute approximate surface area is 152 Å². The van der Waals surface area contributed by atoms with Gasteiger partial charge >= 0.3 is 11.9 Å². The number of alkyl halides is 1. The molecule has 1 fully saturated rings. The molecule has 0 aliphatic carbocycles. The van der Waals surface area contributed by atoms with Crippen molar-refractivity contribution in [2.75, 3.05) is 18.2 Å². The van der Waals surface area contributed by atoms with E-state index in [1.165, 1.54) is 18.7 Å². The van der Waals surface area contributed by atoms with Gasteiger partial charge in [-0.25, -0.2) is 4.79 Å². The lowest BCUT2D eigenvalue weighted by molar-refractivity contribution is -0.151. The summed E-state index contributed by atoms with van der Waals surface area (Å²) in [4.78, 5) is 47.6. The van der Waals surface area contributed by atoms with Crippen LogP contribution in [0.3, 0.4) is 0 Å². The maximum atomic E-state index is 12.3. The van der Waals surface area contributed by atoms with E-state index in [9.17, 15) is 29.4 Å². The molecule has 2 aliphatic heterocycles. The van der Waals surface area contributed by atoms with Crippen molar-refractivity contribution in [2.45, 2.75) is 30.9 Å². The van der Waals surface area contributed by atoms with Gasteiger partial charge in [-0.2, -0.15) is 0 Å². The lowest BCUT2D eigenvalue weighted by Gasteiger charge is -2.49. The average Bonchev–Trinajstić information content (AvgIpc) is 2.56. The predicted molar refractivity (Wildman–Crippen MR) is 87.7 cm³/mol. The van der Waals surface area contributed by atoms with E-state index in [0.29, 0.717) is 5.57 Å². The van der Waals surface area contributed by atoms with Gasteiger partial charge < -0.3 is 20.3 Å². The van der Waals surface area contributed by atoms with Crippen LogP contribution >= 0.6 is 23.4 Å². The topological polar surface area (TPSA) is 133 Å². The molecule has 25 heavy (non-hydrogen) atoms. The third-order valence-electron chi connectivity index (χ3n) is 3.62. The van der Waals surface area contributed by atoms with Crippen molar-refractivity contribution in [3.8, 4) is 0 Å². The molecule has 1 saturated heterocycles. The second kappa shape index (κ2) is 8.07. The fraction of sp³-hybridized carbons (Fsp3) is 0.571. The Kier molecular flexibility index (Phi) is 6.31. The molecule has 0 aromatic rings. The zero-order valence-corrected chi connectivity index (χ0v) is 14.8. The standard InChI is InChI=1S/C14H17ClN2O7S/c1-6(18)24-4-7-5-25-13-10(16-9(20)2-8(19)3-15)12(21)17(13)11(7)14(22)23/h8,10,13,19H,2-5H2,1H3,(H,16,20)(H,22,23)/t8?,10?,13-/m0/s1. The fourth-order valence-electron chi connectivity index (χ4n) is 2.48. The van der Waals surface area contributed by atoms with Gasteiger partial charge in [0.05, 0.1) is 12.5 Å². The summed E-state index contributed by atoms with van der Waals surface area (Å²) in [5.41, 5.74) is 0.0981. The van der Waals surface area contributed by atoms with E-state index >= 15 is 0 Å². The van der Waals surface area contributed by atoms with Crippen molar-refractivity contribution >= 4 is 47.1 Å². The van der Waals surface area contributed by atoms with Gasteiger partial charge in [0, 0.05) is 24.1 Å². The molecular formula is C14H17ClN2O7S. The van der Waals surface area contributed by atoms with E-state index < -0.39 is 41.3 Å². The minimum Gasteiger partial charge on any atom is -0.477 e. The maximum absolute atomic E-state index is 12.3. The smallest absolute Gasteiger partial charge is 0.352 e. The van der Waals surface area contributed by atoms with E-state index in [4.69, 9.17) is 16.3 Å². The van der Waals surface area contributed by atoms with E-state index in [0.717, 1.165) is 4.90 Å². The fourth-order valence-corrected chi connectivity index (χ4v) is 3.92. The van der Waals surface area contributed by atoms with Gasteiger partial charge in [-0.1, -0.05) is 0 Å². The molecule has 0 bridgehead atoms. The quantitative estimate of drug-likeness (QED) is 0.293. The van der Waals surface area contributed by atoms with Crippen molar-refractivity contribution in [2.24, 2.45) is 0 Å². The van der Waals surface area contributed by atoms with Crippen LogP contribution < -0.4 is 5.32 Å². The molecule has 2 amide bonds. The third kappa shape index (κ3) is 4.25. The summed E-state index contributed by atoms with van der Waals surface area (Å²) in [6.45, 7) is 0.995. The molecule has 11 heteroatoms. The molecule has 138 valence electrons. The lowest BCUT2D eigenvalue weighted by atomic mass is 10.0. The maximum Gasteiger partial charge on any atom is 0.352 e. The number of β-lactam (4-membered cyclic amide) rings is 1. The molecule has 3 N–H and O–H groups in total. The van der Waals surface area contributed by atoms with Crippen LogP contribution in [0.4, 0.5) is 0 Å². The summed E-state index contributed by atoms with van der Waals surface area (Å²) in [5.74, 6) is -2.82. The highest BCUT2D eigenvalue weighted by Gasteiger charge is 2.54. The summed E-state index contributed by atoms with van der Waals surface area (Å²) >= 11 is 6.69. The molecule has 2 heterocycles. The molecule has 0 saturated carbocycles. The van der Waals surface area contributed by atoms with Gasteiger partial charge in [0.1, 0.15) is 23.7 Å². The minimum atomic E-state index is -1.30. The van der Waals surface area contributed by atoms with E-state index in [2.05, 4.69) is 5.32 Å². The second-order valence-corrected chi connectivity index (χ2v) is 6.92. The summed E-state index contributed by atoms with van der Waals surface area (Å²) in [6, 6.07) is -0.871. The van der Waals surface area contributed by atoms with E-state index in [1.54, 1.807) is 0 Å². The average molecular weight is 393 g/mol. The minimum absolute atomic E-state index is 0.109. The molecular weight excluding hydrogens is 376 g/mol. The number of carbonyl (C=O) groups is 4. The molecule has 2 aliphatic rings. The normalized spacial score (nSPS) is 23.5.